The number of piperazine rings is 1. The van der Waals surface area contributed by atoms with Crippen LogP contribution in [0.5, 0.6) is 0 Å². The highest BCUT2D eigenvalue weighted by Gasteiger charge is 2.34. The molecule has 0 bridgehead atoms. The molecule has 0 saturated carbocycles. The van der Waals surface area contributed by atoms with Gasteiger partial charge >= 0.3 is 5.97 Å². The maximum atomic E-state index is 12.6. The summed E-state index contributed by atoms with van der Waals surface area (Å²) in [6.45, 7) is 4.04. The zero-order chi connectivity index (χ0) is 18.7. The number of ether oxygens (including phenoxy) is 1. The van der Waals surface area contributed by atoms with E-state index in [0.29, 0.717) is 36.1 Å². The first-order chi connectivity index (χ1) is 12.5. The number of rotatable bonds is 4. The highest BCUT2D eigenvalue weighted by molar-refractivity contribution is 7.11. The quantitative estimate of drug-likeness (QED) is 0.747. The first-order valence-electron chi connectivity index (χ1n) is 8.28. The van der Waals surface area contributed by atoms with Crippen LogP contribution in [0.3, 0.4) is 0 Å². The molecular formula is C18H20ClN3O3S. The second kappa shape index (κ2) is 8.16. The normalized spacial score (nSPS) is 16.3. The Morgan fingerprint density at radius 3 is 2.50 bits per heavy atom. The lowest BCUT2D eigenvalue weighted by Crippen LogP contribution is -2.51. The van der Waals surface area contributed by atoms with Gasteiger partial charge in [0.25, 0.3) is 5.91 Å². The number of carbonyl (C=O) groups is 2. The predicted molar refractivity (Wildman–Crippen MR) is 101 cm³/mol. The van der Waals surface area contributed by atoms with E-state index in [4.69, 9.17) is 16.3 Å². The molecule has 0 radical (unpaired) electrons. The van der Waals surface area contributed by atoms with Crippen molar-refractivity contribution in [2.24, 2.45) is 0 Å². The number of hydrogen-bond donors (Lipinski definition) is 0. The molecule has 26 heavy (non-hydrogen) atoms. The van der Waals surface area contributed by atoms with Crippen LogP contribution in [-0.2, 0) is 9.53 Å². The van der Waals surface area contributed by atoms with E-state index in [-0.39, 0.29) is 11.9 Å². The summed E-state index contributed by atoms with van der Waals surface area (Å²) in [6, 6.07) is 6.70. The van der Waals surface area contributed by atoms with E-state index < -0.39 is 6.04 Å². The Morgan fingerprint density at radius 2 is 1.92 bits per heavy atom. The smallest absolute Gasteiger partial charge is 0.327 e. The van der Waals surface area contributed by atoms with Crippen LogP contribution in [0, 0.1) is 6.92 Å². The van der Waals surface area contributed by atoms with Crippen molar-refractivity contribution in [2.75, 3.05) is 33.3 Å². The van der Waals surface area contributed by atoms with Crippen LogP contribution < -0.4 is 0 Å². The highest BCUT2D eigenvalue weighted by atomic mass is 35.5. The maximum absolute atomic E-state index is 12.6. The van der Waals surface area contributed by atoms with E-state index in [2.05, 4.69) is 4.98 Å². The van der Waals surface area contributed by atoms with Crippen molar-refractivity contribution in [3.8, 4) is 0 Å². The Hall–Kier alpha value is -1.96. The van der Waals surface area contributed by atoms with Gasteiger partial charge in [0.2, 0.25) is 0 Å². The summed E-state index contributed by atoms with van der Waals surface area (Å²) in [6.07, 6.45) is 0. The number of methoxy groups -OCH3 is 1. The summed E-state index contributed by atoms with van der Waals surface area (Å²) in [5.74, 6) is -0.354. The molecule has 1 saturated heterocycles. The Balaban J connectivity index is 1.74. The first-order valence-corrected chi connectivity index (χ1v) is 9.54. The number of halogens is 1. The van der Waals surface area contributed by atoms with E-state index in [1.165, 1.54) is 18.4 Å². The van der Waals surface area contributed by atoms with Crippen molar-refractivity contribution in [1.82, 2.24) is 14.8 Å². The number of amides is 1. The van der Waals surface area contributed by atoms with Crippen molar-refractivity contribution < 1.29 is 14.3 Å². The van der Waals surface area contributed by atoms with Gasteiger partial charge in [0, 0.05) is 31.2 Å². The van der Waals surface area contributed by atoms with Crippen LogP contribution in [0.4, 0.5) is 0 Å². The van der Waals surface area contributed by atoms with Crippen LogP contribution in [0.2, 0.25) is 5.02 Å². The number of benzene rings is 1. The van der Waals surface area contributed by atoms with Gasteiger partial charge in [-0.2, -0.15) is 0 Å². The molecule has 1 amide bonds. The molecule has 2 heterocycles. The first kappa shape index (κ1) is 18.8. The molecule has 1 aromatic heterocycles. The Morgan fingerprint density at radius 1 is 1.23 bits per heavy atom. The minimum atomic E-state index is -0.573. The lowest BCUT2D eigenvalue weighted by atomic mass is 10.0. The Labute approximate surface area is 161 Å². The summed E-state index contributed by atoms with van der Waals surface area (Å²) in [4.78, 5) is 33.7. The Kier molecular flexibility index (Phi) is 5.90. The minimum Gasteiger partial charge on any atom is -0.468 e. The number of aromatic nitrogens is 1. The molecule has 1 fully saturated rings. The molecule has 3 rings (SSSR count). The lowest BCUT2D eigenvalue weighted by Gasteiger charge is -2.38. The molecular weight excluding hydrogens is 374 g/mol. The van der Waals surface area contributed by atoms with E-state index in [0.717, 1.165) is 11.3 Å². The fourth-order valence-electron chi connectivity index (χ4n) is 3.12. The molecule has 1 aliphatic rings. The van der Waals surface area contributed by atoms with Gasteiger partial charge in [-0.25, -0.2) is 9.78 Å². The van der Waals surface area contributed by atoms with E-state index in [1.807, 2.05) is 30.0 Å². The predicted octanol–water partition coefficient (Wildman–Crippen LogP) is 2.78. The average Bonchev–Trinajstić information content (AvgIpc) is 3.09. The van der Waals surface area contributed by atoms with Gasteiger partial charge < -0.3 is 9.64 Å². The van der Waals surface area contributed by atoms with Crippen LogP contribution in [-0.4, -0.2) is 59.9 Å². The van der Waals surface area contributed by atoms with Crippen molar-refractivity contribution in [1.29, 1.82) is 0 Å². The second-order valence-corrected chi connectivity index (χ2v) is 7.30. The van der Waals surface area contributed by atoms with Gasteiger partial charge in [0.1, 0.15) is 10.9 Å². The third kappa shape index (κ3) is 3.75. The highest BCUT2D eigenvalue weighted by Crippen LogP contribution is 2.29. The molecule has 1 aliphatic heterocycles. The molecule has 1 unspecified atom stereocenters. The molecule has 2 aromatic rings. The zero-order valence-corrected chi connectivity index (χ0v) is 16.2. The van der Waals surface area contributed by atoms with Crippen LogP contribution >= 0.6 is 22.9 Å². The molecule has 0 N–H and O–H groups in total. The Bertz CT molecular complexity index is 802. The van der Waals surface area contributed by atoms with Gasteiger partial charge in [0.05, 0.1) is 18.3 Å². The van der Waals surface area contributed by atoms with Gasteiger partial charge in [-0.3, -0.25) is 9.69 Å². The molecule has 0 aliphatic carbocycles. The maximum Gasteiger partial charge on any atom is 0.327 e. The molecule has 1 atom stereocenters. The van der Waals surface area contributed by atoms with Crippen molar-refractivity contribution in [3.05, 3.63) is 50.9 Å². The van der Waals surface area contributed by atoms with Crippen LogP contribution in [0.1, 0.15) is 27.0 Å². The number of thiazole rings is 1. The number of esters is 1. The van der Waals surface area contributed by atoms with Gasteiger partial charge in [-0.05, 0) is 18.6 Å². The molecule has 0 spiro atoms. The summed E-state index contributed by atoms with van der Waals surface area (Å²) in [5.41, 5.74) is 3.16. The monoisotopic (exact) mass is 393 g/mol. The molecule has 6 nitrogen and oxygen atoms in total. The van der Waals surface area contributed by atoms with Crippen molar-refractivity contribution >= 4 is 34.8 Å². The second-order valence-electron chi connectivity index (χ2n) is 6.04. The molecule has 8 heteroatoms. The fraction of sp³-hybridized carbons (Fsp3) is 0.389. The van der Waals surface area contributed by atoms with Crippen LogP contribution in [0.25, 0.3) is 0 Å². The topological polar surface area (TPSA) is 62.7 Å². The number of nitrogens with zero attached hydrogens (tertiary/aromatic N) is 3. The summed E-state index contributed by atoms with van der Waals surface area (Å²) in [5, 5.41) is 0.529. The fourth-order valence-corrected chi connectivity index (χ4v) is 4.12. The molecule has 1 aromatic carbocycles. The van der Waals surface area contributed by atoms with Gasteiger partial charge in [-0.1, -0.05) is 29.8 Å². The van der Waals surface area contributed by atoms with Crippen LogP contribution in [0.15, 0.2) is 29.8 Å². The minimum absolute atomic E-state index is 0.00277. The number of aryl methyl sites for hydroxylation is 1. The zero-order valence-electron chi connectivity index (χ0n) is 14.6. The average molecular weight is 394 g/mol. The standard InChI is InChI=1S/C18H20ClN3O3S/c1-12-16(26-11-20-12)17(23)22-9-7-21(8-10-22)15(18(24)25-2)13-5-3-4-6-14(13)19/h3-6,11,15H,7-10H2,1-2H3. The molecule has 138 valence electrons. The third-order valence-corrected chi connectivity index (χ3v) is 5.79. The lowest BCUT2D eigenvalue weighted by molar-refractivity contribution is -0.148. The number of carbonyl (C=O) groups excluding carboxylic acids is 2. The van der Waals surface area contributed by atoms with Gasteiger partial charge in [-0.15, -0.1) is 11.3 Å². The van der Waals surface area contributed by atoms with E-state index >= 15 is 0 Å². The summed E-state index contributed by atoms with van der Waals surface area (Å²) >= 11 is 7.66. The van der Waals surface area contributed by atoms with E-state index in [9.17, 15) is 9.59 Å². The third-order valence-electron chi connectivity index (χ3n) is 4.53. The SMILES string of the molecule is COC(=O)C(c1ccccc1Cl)N1CCN(C(=O)c2scnc2C)CC1. The van der Waals surface area contributed by atoms with Crippen molar-refractivity contribution in [2.45, 2.75) is 13.0 Å². The number of hydrogen-bond acceptors (Lipinski definition) is 6. The van der Waals surface area contributed by atoms with Crippen molar-refractivity contribution in [3.63, 3.8) is 0 Å². The summed E-state index contributed by atoms with van der Waals surface area (Å²) < 4.78 is 5.00. The van der Waals surface area contributed by atoms with Gasteiger partial charge in [0.15, 0.2) is 0 Å². The largest absolute Gasteiger partial charge is 0.468 e. The summed E-state index contributed by atoms with van der Waals surface area (Å²) in [7, 11) is 1.37. The van der Waals surface area contributed by atoms with E-state index in [1.54, 1.807) is 16.5 Å².